The summed E-state index contributed by atoms with van der Waals surface area (Å²) in [5, 5.41) is 2.79. The smallest absolute Gasteiger partial charge is 0.269 e. The van der Waals surface area contributed by atoms with Crippen molar-refractivity contribution in [2.24, 2.45) is 0 Å². The Balaban J connectivity index is 1.77. The highest BCUT2D eigenvalue weighted by molar-refractivity contribution is 9.10. The molecule has 27 heavy (non-hydrogen) atoms. The summed E-state index contributed by atoms with van der Waals surface area (Å²) in [7, 11) is 0. The van der Waals surface area contributed by atoms with Crippen molar-refractivity contribution in [3.63, 3.8) is 0 Å². The molecule has 142 valence electrons. The van der Waals surface area contributed by atoms with E-state index in [-0.39, 0.29) is 11.7 Å². The normalized spacial score (nSPS) is 10.0. The topological polar surface area (TPSA) is 79.5 Å². The summed E-state index contributed by atoms with van der Waals surface area (Å²) in [5.41, 5.74) is 6.33. The number of carbonyl (C=O) groups excluding carboxylic acids is 2. The number of ether oxygens (including phenoxy) is 1. The van der Waals surface area contributed by atoms with E-state index in [1.54, 1.807) is 24.3 Å². The van der Waals surface area contributed by atoms with Crippen LogP contribution in [-0.4, -0.2) is 23.5 Å². The zero-order valence-electron chi connectivity index (χ0n) is 14.3. The van der Waals surface area contributed by atoms with Gasteiger partial charge in [-0.1, -0.05) is 30.7 Å². The first-order valence-electron chi connectivity index (χ1n) is 7.96. The monoisotopic (exact) mass is 469 g/mol. The molecule has 0 bridgehead atoms. The molecule has 0 heterocycles. The van der Waals surface area contributed by atoms with Gasteiger partial charge in [-0.15, -0.1) is 0 Å². The summed E-state index contributed by atoms with van der Waals surface area (Å²) in [6.07, 6.45) is 0.903. The van der Waals surface area contributed by atoms with Gasteiger partial charge in [-0.05, 0) is 70.5 Å². The molecule has 2 amide bonds. The van der Waals surface area contributed by atoms with Gasteiger partial charge in [-0.25, -0.2) is 0 Å². The molecule has 0 unspecified atom stereocenters. The second-order valence-electron chi connectivity index (χ2n) is 5.37. The lowest BCUT2D eigenvalue weighted by atomic mass is 10.2. The summed E-state index contributed by atoms with van der Waals surface area (Å²) in [6, 6.07) is 12.1. The van der Waals surface area contributed by atoms with Crippen molar-refractivity contribution in [1.82, 2.24) is 16.2 Å². The first kappa shape index (κ1) is 21.1. The van der Waals surface area contributed by atoms with Crippen LogP contribution in [0, 0.1) is 0 Å². The highest BCUT2D eigenvalue weighted by atomic mass is 79.9. The Kier molecular flexibility index (Phi) is 8.02. The SMILES string of the molecule is CCc1ccc(OCC(=O)NC(=S)NNC(=O)c2cccc(Cl)c2)c(Br)c1. The van der Waals surface area contributed by atoms with E-state index in [9.17, 15) is 9.59 Å². The van der Waals surface area contributed by atoms with Crippen molar-refractivity contribution in [1.29, 1.82) is 0 Å². The fraction of sp³-hybridized carbons (Fsp3) is 0.167. The first-order valence-corrected chi connectivity index (χ1v) is 9.54. The van der Waals surface area contributed by atoms with Gasteiger partial charge >= 0.3 is 0 Å². The van der Waals surface area contributed by atoms with Crippen molar-refractivity contribution >= 4 is 56.7 Å². The molecule has 2 aromatic rings. The molecule has 0 saturated carbocycles. The molecule has 0 aliphatic carbocycles. The summed E-state index contributed by atoms with van der Waals surface area (Å²) in [4.78, 5) is 23.9. The van der Waals surface area contributed by atoms with E-state index >= 15 is 0 Å². The maximum Gasteiger partial charge on any atom is 0.269 e. The number of hydrogen-bond donors (Lipinski definition) is 3. The zero-order valence-corrected chi connectivity index (χ0v) is 17.5. The second-order valence-corrected chi connectivity index (χ2v) is 7.07. The molecule has 0 saturated heterocycles. The molecular weight excluding hydrogens is 454 g/mol. The van der Waals surface area contributed by atoms with Crippen LogP contribution in [0.25, 0.3) is 0 Å². The Bertz CT molecular complexity index is 863. The molecular formula is C18H17BrClN3O3S. The van der Waals surface area contributed by atoms with Gasteiger partial charge in [0.2, 0.25) is 0 Å². The summed E-state index contributed by atoms with van der Waals surface area (Å²) < 4.78 is 6.23. The van der Waals surface area contributed by atoms with Gasteiger partial charge in [0.05, 0.1) is 4.47 Å². The standard InChI is InChI=1S/C18H17BrClN3O3S/c1-2-11-6-7-15(14(19)8-11)26-10-16(24)21-18(27)23-22-17(25)12-4-3-5-13(20)9-12/h3-9H,2,10H2,1H3,(H,22,25)(H2,21,23,24,27). The summed E-state index contributed by atoms with van der Waals surface area (Å²) in [6.45, 7) is 1.82. The molecule has 3 N–H and O–H groups in total. The number of thiocarbonyl (C=S) groups is 1. The van der Waals surface area contributed by atoms with Crippen LogP contribution in [0.2, 0.25) is 5.02 Å². The Morgan fingerprint density at radius 2 is 1.96 bits per heavy atom. The van der Waals surface area contributed by atoms with Gasteiger partial charge in [0.1, 0.15) is 5.75 Å². The van der Waals surface area contributed by atoms with Gasteiger partial charge in [-0.2, -0.15) is 0 Å². The highest BCUT2D eigenvalue weighted by Crippen LogP contribution is 2.26. The molecule has 9 heteroatoms. The largest absolute Gasteiger partial charge is 0.483 e. The molecule has 6 nitrogen and oxygen atoms in total. The fourth-order valence-electron chi connectivity index (χ4n) is 2.03. The van der Waals surface area contributed by atoms with E-state index in [1.165, 1.54) is 6.07 Å². The van der Waals surface area contributed by atoms with E-state index in [1.807, 2.05) is 12.1 Å². The van der Waals surface area contributed by atoms with E-state index in [2.05, 4.69) is 39.0 Å². The fourth-order valence-corrected chi connectivity index (χ4v) is 2.93. The zero-order chi connectivity index (χ0) is 19.8. The van der Waals surface area contributed by atoms with E-state index < -0.39 is 11.8 Å². The van der Waals surface area contributed by atoms with E-state index in [0.717, 1.165) is 16.5 Å². The number of halogens is 2. The van der Waals surface area contributed by atoms with E-state index in [0.29, 0.717) is 16.3 Å². The average molecular weight is 471 g/mol. The lowest BCUT2D eigenvalue weighted by molar-refractivity contribution is -0.121. The molecule has 2 aromatic carbocycles. The van der Waals surface area contributed by atoms with Crippen LogP contribution >= 0.6 is 39.7 Å². The minimum Gasteiger partial charge on any atom is -0.483 e. The number of benzene rings is 2. The van der Waals surface area contributed by atoms with Crippen LogP contribution in [0.3, 0.4) is 0 Å². The van der Waals surface area contributed by atoms with Crippen molar-refractivity contribution in [2.75, 3.05) is 6.61 Å². The van der Waals surface area contributed by atoms with Gasteiger partial charge in [0.15, 0.2) is 11.7 Å². The number of amides is 2. The van der Waals surface area contributed by atoms with Gasteiger partial charge < -0.3 is 4.74 Å². The Morgan fingerprint density at radius 1 is 1.19 bits per heavy atom. The minimum atomic E-state index is -0.462. The maximum absolute atomic E-state index is 12.0. The van der Waals surface area contributed by atoms with Crippen molar-refractivity contribution in [3.8, 4) is 5.75 Å². The number of hydrogen-bond acceptors (Lipinski definition) is 4. The predicted molar refractivity (Wildman–Crippen MR) is 112 cm³/mol. The van der Waals surface area contributed by atoms with Crippen LogP contribution in [-0.2, 0) is 11.2 Å². The molecule has 0 aliphatic rings. The number of nitrogens with one attached hydrogen (secondary N) is 3. The Morgan fingerprint density at radius 3 is 2.63 bits per heavy atom. The Hall–Kier alpha value is -2.16. The van der Waals surface area contributed by atoms with E-state index in [4.69, 9.17) is 28.6 Å². The highest BCUT2D eigenvalue weighted by Gasteiger charge is 2.10. The van der Waals surface area contributed by atoms with Crippen LogP contribution < -0.4 is 20.9 Å². The number of aryl methyl sites for hydroxylation is 1. The molecule has 0 aliphatic heterocycles. The lowest BCUT2D eigenvalue weighted by Crippen LogP contribution is -2.49. The third kappa shape index (κ3) is 6.82. The molecule has 0 spiro atoms. The van der Waals surface area contributed by atoms with Crippen LogP contribution in [0.15, 0.2) is 46.9 Å². The first-order chi connectivity index (χ1) is 12.9. The lowest BCUT2D eigenvalue weighted by Gasteiger charge is -2.12. The molecule has 0 radical (unpaired) electrons. The quantitative estimate of drug-likeness (QED) is 0.461. The summed E-state index contributed by atoms with van der Waals surface area (Å²) >= 11 is 14.2. The molecule has 0 aromatic heterocycles. The molecule has 0 atom stereocenters. The molecule has 0 fully saturated rings. The van der Waals surface area contributed by atoms with Crippen molar-refractivity contribution in [2.45, 2.75) is 13.3 Å². The second kappa shape index (κ2) is 10.2. The van der Waals surface area contributed by atoms with Crippen LogP contribution in [0.4, 0.5) is 0 Å². The Labute approximate surface area is 175 Å². The van der Waals surface area contributed by atoms with Crippen molar-refractivity contribution in [3.05, 3.63) is 63.1 Å². The van der Waals surface area contributed by atoms with Crippen LogP contribution in [0.5, 0.6) is 5.75 Å². The van der Waals surface area contributed by atoms with Gasteiger partial charge in [0.25, 0.3) is 11.8 Å². The number of carbonyl (C=O) groups is 2. The number of hydrazine groups is 1. The maximum atomic E-state index is 12.0. The minimum absolute atomic E-state index is 0.0561. The predicted octanol–water partition coefficient (Wildman–Crippen LogP) is 3.38. The van der Waals surface area contributed by atoms with Gasteiger partial charge in [0, 0.05) is 10.6 Å². The van der Waals surface area contributed by atoms with Crippen LogP contribution in [0.1, 0.15) is 22.8 Å². The summed E-state index contributed by atoms with van der Waals surface area (Å²) in [5.74, 6) is -0.350. The third-order valence-electron chi connectivity index (χ3n) is 3.39. The molecule has 2 rings (SSSR count). The third-order valence-corrected chi connectivity index (χ3v) is 4.45. The average Bonchev–Trinajstić information content (AvgIpc) is 2.65. The van der Waals surface area contributed by atoms with Crippen molar-refractivity contribution < 1.29 is 14.3 Å². The van der Waals surface area contributed by atoms with Gasteiger partial charge in [-0.3, -0.25) is 25.8 Å². The number of rotatable bonds is 5.